The third-order valence-electron chi connectivity index (χ3n) is 4.81. The van der Waals surface area contributed by atoms with Crippen molar-refractivity contribution < 1.29 is 9.59 Å². The smallest absolute Gasteiger partial charge is 0.227 e. The van der Waals surface area contributed by atoms with E-state index >= 15 is 0 Å². The molecule has 25 heavy (non-hydrogen) atoms. The van der Waals surface area contributed by atoms with Crippen LogP contribution < -0.4 is 5.32 Å². The van der Waals surface area contributed by atoms with Crippen molar-refractivity contribution in [3.05, 3.63) is 66.2 Å². The number of nitrogens with zero attached hydrogens (tertiary/aromatic N) is 1. The van der Waals surface area contributed by atoms with Gasteiger partial charge < -0.3 is 10.2 Å². The van der Waals surface area contributed by atoms with Crippen LogP contribution in [0.1, 0.15) is 25.8 Å². The van der Waals surface area contributed by atoms with Crippen LogP contribution in [0.3, 0.4) is 0 Å². The normalized spacial score (nSPS) is 19.0. The lowest BCUT2D eigenvalue weighted by Crippen LogP contribution is -2.30. The van der Waals surface area contributed by atoms with Crippen molar-refractivity contribution in [1.82, 2.24) is 4.90 Å². The summed E-state index contributed by atoms with van der Waals surface area (Å²) in [4.78, 5) is 27.1. The topological polar surface area (TPSA) is 49.4 Å². The minimum Gasteiger partial charge on any atom is -0.338 e. The molecule has 0 saturated carbocycles. The molecule has 0 bridgehead atoms. The van der Waals surface area contributed by atoms with Crippen molar-refractivity contribution in [3.63, 3.8) is 0 Å². The van der Waals surface area contributed by atoms with E-state index in [4.69, 9.17) is 0 Å². The van der Waals surface area contributed by atoms with E-state index in [1.807, 2.05) is 65.6 Å². The predicted molar refractivity (Wildman–Crippen MR) is 98.8 cm³/mol. The molecule has 1 aliphatic rings. The highest BCUT2D eigenvalue weighted by Crippen LogP contribution is 2.39. The first kappa shape index (κ1) is 17.2. The summed E-state index contributed by atoms with van der Waals surface area (Å²) in [6.45, 7) is 5.40. The molecule has 0 aromatic heterocycles. The number of hydrogen-bond acceptors (Lipinski definition) is 2. The Morgan fingerprint density at radius 1 is 1.08 bits per heavy atom. The summed E-state index contributed by atoms with van der Waals surface area (Å²) in [6, 6.07) is 19.3. The number of para-hydroxylation sites is 1. The summed E-state index contributed by atoms with van der Waals surface area (Å²) in [5.41, 5.74) is 1.65. The Bertz CT molecular complexity index is 741. The Hall–Kier alpha value is -2.62. The van der Waals surface area contributed by atoms with Crippen LogP contribution in [0, 0.1) is 11.3 Å². The third kappa shape index (κ3) is 4.08. The largest absolute Gasteiger partial charge is 0.338 e. The average molecular weight is 336 g/mol. The fourth-order valence-electron chi connectivity index (χ4n) is 3.45. The molecular weight excluding hydrogens is 312 g/mol. The summed E-state index contributed by atoms with van der Waals surface area (Å²) in [6.07, 6.45) is 0.214. The maximum atomic E-state index is 12.9. The van der Waals surface area contributed by atoms with Crippen LogP contribution in [0.5, 0.6) is 0 Å². The monoisotopic (exact) mass is 336 g/mol. The number of benzene rings is 2. The van der Waals surface area contributed by atoms with Crippen molar-refractivity contribution in [3.8, 4) is 0 Å². The molecule has 4 nitrogen and oxygen atoms in total. The lowest BCUT2D eigenvalue weighted by Gasteiger charge is -2.23. The standard InChI is InChI=1S/C21H24N2O2/c1-21(2)15-23(14-16-9-5-3-6-10-16)20(25)18(21)13-19(24)22-17-11-7-4-8-12-17/h3-12,18H,13-15H2,1-2H3,(H,22,24)/t18-/m0/s1. The Kier molecular flexibility index (Phi) is 4.88. The Morgan fingerprint density at radius 2 is 1.68 bits per heavy atom. The molecule has 1 atom stereocenters. The van der Waals surface area contributed by atoms with E-state index in [0.29, 0.717) is 13.1 Å². The molecule has 1 fully saturated rings. The molecule has 2 aromatic rings. The van der Waals surface area contributed by atoms with Gasteiger partial charge in [-0.25, -0.2) is 0 Å². The zero-order chi connectivity index (χ0) is 17.9. The number of anilines is 1. The number of likely N-dealkylation sites (tertiary alicyclic amines) is 1. The maximum Gasteiger partial charge on any atom is 0.227 e. The molecule has 0 spiro atoms. The summed E-state index contributed by atoms with van der Waals surface area (Å²) in [7, 11) is 0. The lowest BCUT2D eigenvalue weighted by molar-refractivity contribution is -0.134. The minimum absolute atomic E-state index is 0.0667. The predicted octanol–water partition coefficient (Wildman–Crippen LogP) is 3.70. The number of amides is 2. The van der Waals surface area contributed by atoms with Gasteiger partial charge in [0.15, 0.2) is 0 Å². The van der Waals surface area contributed by atoms with Crippen LogP contribution in [0.25, 0.3) is 0 Å². The molecule has 1 saturated heterocycles. The first-order chi connectivity index (χ1) is 12.0. The number of carbonyl (C=O) groups excluding carboxylic acids is 2. The molecule has 2 amide bonds. The molecule has 1 N–H and O–H groups in total. The van der Waals surface area contributed by atoms with Gasteiger partial charge in [0.05, 0.1) is 5.92 Å². The molecule has 4 heteroatoms. The van der Waals surface area contributed by atoms with E-state index in [0.717, 1.165) is 11.3 Å². The molecular formula is C21H24N2O2. The van der Waals surface area contributed by atoms with E-state index in [-0.39, 0.29) is 29.6 Å². The minimum atomic E-state index is -0.292. The van der Waals surface area contributed by atoms with Crippen LogP contribution >= 0.6 is 0 Å². The molecule has 0 radical (unpaired) electrons. The third-order valence-corrected chi connectivity index (χ3v) is 4.81. The van der Waals surface area contributed by atoms with Crippen molar-refractivity contribution in [2.75, 3.05) is 11.9 Å². The Balaban J connectivity index is 1.66. The SMILES string of the molecule is CC1(C)CN(Cc2ccccc2)C(=O)[C@@H]1CC(=O)Nc1ccccc1. The van der Waals surface area contributed by atoms with Crippen molar-refractivity contribution in [2.45, 2.75) is 26.8 Å². The zero-order valence-corrected chi connectivity index (χ0v) is 14.7. The molecule has 0 aliphatic carbocycles. The average Bonchev–Trinajstić information content (AvgIpc) is 2.80. The molecule has 1 aliphatic heterocycles. The van der Waals surface area contributed by atoms with Gasteiger partial charge in [-0.2, -0.15) is 0 Å². The first-order valence-electron chi connectivity index (χ1n) is 8.63. The van der Waals surface area contributed by atoms with Gasteiger partial charge in [0.2, 0.25) is 11.8 Å². The molecule has 2 aromatic carbocycles. The quantitative estimate of drug-likeness (QED) is 0.905. The number of nitrogens with one attached hydrogen (secondary N) is 1. The van der Waals surface area contributed by atoms with Gasteiger partial charge >= 0.3 is 0 Å². The lowest BCUT2D eigenvalue weighted by atomic mass is 9.79. The summed E-state index contributed by atoms with van der Waals surface area (Å²) in [5.74, 6) is -0.337. The van der Waals surface area contributed by atoms with E-state index in [9.17, 15) is 9.59 Å². The van der Waals surface area contributed by atoms with Gasteiger partial charge in [0.1, 0.15) is 0 Å². The molecule has 1 heterocycles. The maximum absolute atomic E-state index is 12.9. The van der Waals surface area contributed by atoms with Gasteiger partial charge in [-0.3, -0.25) is 9.59 Å². The molecule has 130 valence electrons. The highest BCUT2D eigenvalue weighted by atomic mass is 16.2. The Morgan fingerprint density at radius 3 is 2.32 bits per heavy atom. The van der Waals surface area contributed by atoms with E-state index in [1.54, 1.807) is 0 Å². The summed E-state index contributed by atoms with van der Waals surface area (Å²) >= 11 is 0. The van der Waals surface area contributed by atoms with E-state index in [2.05, 4.69) is 19.2 Å². The summed E-state index contributed by atoms with van der Waals surface area (Å²) < 4.78 is 0. The summed E-state index contributed by atoms with van der Waals surface area (Å²) in [5, 5.41) is 2.88. The number of hydrogen-bond donors (Lipinski definition) is 1. The molecule has 3 rings (SSSR count). The van der Waals surface area contributed by atoms with Crippen LogP contribution in [-0.2, 0) is 16.1 Å². The van der Waals surface area contributed by atoms with Crippen LogP contribution in [0.4, 0.5) is 5.69 Å². The van der Waals surface area contributed by atoms with E-state index < -0.39 is 0 Å². The first-order valence-corrected chi connectivity index (χ1v) is 8.63. The second-order valence-corrected chi connectivity index (χ2v) is 7.34. The number of carbonyl (C=O) groups is 2. The highest BCUT2D eigenvalue weighted by molar-refractivity contribution is 5.95. The zero-order valence-electron chi connectivity index (χ0n) is 14.7. The van der Waals surface area contributed by atoms with E-state index in [1.165, 1.54) is 0 Å². The van der Waals surface area contributed by atoms with Crippen LogP contribution in [0.15, 0.2) is 60.7 Å². The fourth-order valence-corrected chi connectivity index (χ4v) is 3.45. The van der Waals surface area contributed by atoms with Crippen LogP contribution in [-0.4, -0.2) is 23.3 Å². The van der Waals surface area contributed by atoms with Crippen molar-refractivity contribution in [1.29, 1.82) is 0 Å². The van der Waals surface area contributed by atoms with Gasteiger partial charge in [0, 0.05) is 25.2 Å². The van der Waals surface area contributed by atoms with Gasteiger partial charge in [-0.15, -0.1) is 0 Å². The molecule has 0 unspecified atom stereocenters. The second-order valence-electron chi connectivity index (χ2n) is 7.34. The number of rotatable bonds is 5. The Labute approximate surface area is 148 Å². The second kappa shape index (κ2) is 7.09. The van der Waals surface area contributed by atoms with Gasteiger partial charge in [-0.05, 0) is 23.1 Å². The van der Waals surface area contributed by atoms with Crippen molar-refractivity contribution >= 4 is 17.5 Å². The van der Waals surface area contributed by atoms with Crippen LogP contribution in [0.2, 0.25) is 0 Å². The highest BCUT2D eigenvalue weighted by Gasteiger charge is 2.46. The van der Waals surface area contributed by atoms with Gasteiger partial charge in [0.25, 0.3) is 0 Å². The van der Waals surface area contributed by atoms with Crippen molar-refractivity contribution in [2.24, 2.45) is 11.3 Å². The fraction of sp³-hybridized carbons (Fsp3) is 0.333. The van der Waals surface area contributed by atoms with Gasteiger partial charge in [-0.1, -0.05) is 62.4 Å².